The molecule has 0 N–H and O–H groups in total. The second-order valence-electron chi connectivity index (χ2n) is 21.8. The molecule has 1 saturated carbocycles. The van der Waals surface area contributed by atoms with Crippen molar-refractivity contribution in [2.45, 2.75) is 291 Å². The van der Waals surface area contributed by atoms with Crippen LogP contribution in [0.2, 0.25) is 0 Å². The lowest BCUT2D eigenvalue weighted by molar-refractivity contribution is -0.134. The largest absolute Gasteiger partial charge is 0.367 e. The summed E-state index contributed by atoms with van der Waals surface area (Å²) in [6.45, 7) is 23.7. The molecule has 3 aliphatic rings. The maximum absolute atomic E-state index is 14.4. The van der Waals surface area contributed by atoms with E-state index in [0.29, 0.717) is 24.5 Å². The number of piperazine rings is 1. The first-order chi connectivity index (χ1) is 32.0. The number of nitrogens with zero attached hydrogens (tertiary/aromatic N) is 5. The van der Waals surface area contributed by atoms with Gasteiger partial charge in [-0.2, -0.15) is 0 Å². The van der Waals surface area contributed by atoms with Crippen LogP contribution in [-0.4, -0.2) is 114 Å². The summed E-state index contributed by atoms with van der Waals surface area (Å²) in [5.41, 5.74) is 3.41. The van der Waals surface area contributed by atoms with E-state index in [1.54, 1.807) is 11.3 Å². The summed E-state index contributed by atoms with van der Waals surface area (Å²) >= 11 is 0. The first-order valence-corrected chi connectivity index (χ1v) is 30.0. The molecule has 6 heteroatoms. The third-order valence-electron chi connectivity index (χ3n) is 15.7. The zero-order valence-corrected chi connectivity index (χ0v) is 44.9. The number of rotatable bonds is 48. The predicted octanol–water partition coefficient (Wildman–Crippen LogP) is 16.0. The van der Waals surface area contributed by atoms with E-state index in [-0.39, 0.29) is 0 Å². The molecule has 3 rings (SSSR count). The third kappa shape index (κ3) is 27.6. The minimum absolute atomic E-state index is 0.396. The summed E-state index contributed by atoms with van der Waals surface area (Å²) in [5, 5.41) is 0. The predicted molar refractivity (Wildman–Crippen MR) is 286 cm³/mol. The molecule has 65 heavy (non-hydrogen) atoms. The highest BCUT2D eigenvalue weighted by molar-refractivity contribution is 5.79. The van der Waals surface area contributed by atoms with Crippen LogP contribution in [0.15, 0.2) is 11.3 Å². The molecule has 6 nitrogen and oxygen atoms in total. The van der Waals surface area contributed by atoms with Gasteiger partial charge in [-0.1, -0.05) is 227 Å². The van der Waals surface area contributed by atoms with Gasteiger partial charge in [-0.3, -0.25) is 14.6 Å². The van der Waals surface area contributed by atoms with Crippen molar-refractivity contribution in [2.75, 3.05) is 72.0 Å². The number of likely N-dealkylation sites (tertiary alicyclic amines) is 2. The van der Waals surface area contributed by atoms with Gasteiger partial charge in [0.1, 0.15) is 0 Å². The second-order valence-corrected chi connectivity index (χ2v) is 21.8. The van der Waals surface area contributed by atoms with E-state index in [1.807, 2.05) is 0 Å². The highest BCUT2D eigenvalue weighted by Gasteiger charge is 2.47. The Morgan fingerprint density at radius 3 is 1.00 bits per heavy atom. The summed E-state index contributed by atoms with van der Waals surface area (Å²) in [6, 6.07) is 0.912. The Labute approximate surface area is 407 Å². The van der Waals surface area contributed by atoms with Gasteiger partial charge >= 0.3 is 0 Å². The highest BCUT2D eigenvalue weighted by atomic mass is 16.2. The van der Waals surface area contributed by atoms with Gasteiger partial charge in [0.15, 0.2) is 0 Å². The summed E-state index contributed by atoms with van der Waals surface area (Å²) in [4.78, 5) is 27.9. The van der Waals surface area contributed by atoms with Crippen LogP contribution in [-0.2, 0) is 4.79 Å². The Balaban J connectivity index is 1.58. The third-order valence-corrected chi connectivity index (χ3v) is 15.7. The van der Waals surface area contributed by atoms with Crippen molar-refractivity contribution in [3.63, 3.8) is 0 Å². The Kier molecular flexibility index (Phi) is 35.6. The number of amides is 1. The smallest absolute Gasteiger partial charge is 0.237 e. The van der Waals surface area contributed by atoms with Gasteiger partial charge in [0.2, 0.25) is 5.91 Å². The lowest BCUT2D eigenvalue weighted by atomic mass is 10.1. The van der Waals surface area contributed by atoms with Crippen LogP contribution in [0.1, 0.15) is 279 Å². The minimum Gasteiger partial charge on any atom is -0.367 e. The van der Waals surface area contributed by atoms with E-state index in [1.165, 1.54) is 270 Å². The molecule has 2 heterocycles. The van der Waals surface area contributed by atoms with Gasteiger partial charge in [-0.05, 0) is 89.7 Å². The van der Waals surface area contributed by atoms with Crippen LogP contribution >= 0.6 is 0 Å². The molecule has 0 radical (unpaired) electrons. The van der Waals surface area contributed by atoms with E-state index < -0.39 is 0 Å². The molecule has 2 unspecified atom stereocenters. The number of allylic oxidation sites excluding steroid dienone is 1. The van der Waals surface area contributed by atoms with Crippen molar-refractivity contribution in [2.24, 2.45) is 0 Å². The molecule has 2 bridgehead atoms. The van der Waals surface area contributed by atoms with Gasteiger partial charge < -0.3 is 14.7 Å². The molecular formula is C59H115N5O. The Bertz CT molecular complexity index is 1100. The van der Waals surface area contributed by atoms with Crippen LogP contribution in [0.5, 0.6) is 0 Å². The summed E-state index contributed by atoms with van der Waals surface area (Å²) in [5.74, 6) is 0.422. The second kappa shape index (κ2) is 39.7. The topological polar surface area (TPSA) is 33.3 Å². The fourth-order valence-electron chi connectivity index (χ4n) is 11.2. The van der Waals surface area contributed by atoms with Crippen molar-refractivity contribution in [1.82, 2.24) is 24.5 Å². The number of hydrogen-bond acceptors (Lipinski definition) is 5. The summed E-state index contributed by atoms with van der Waals surface area (Å²) < 4.78 is 0. The molecule has 2 aliphatic heterocycles. The maximum Gasteiger partial charge on any atom is 0.237 e. The Morgan fingerprint density at radius 2 is 0.662 bits per heavy atom. The zero-order chi connectivity index (χ0) is 46.4. The highest BCUT2D eigenvalue weighted by Crippen LogP contribution is 2.40. The van der Waals surface area contributed by atoms with E-state index in [4.69, 9.17) is 0 Å². The molecule has 0 spiro atoms. The summed E-state index contributed by atoms with van der Waals surface area (Å²) in [6.07, 6.45) is 51.9. The van der Waals surface area contributed by atoms with E-state index in [2.05, 4.69) is 59.1 Å². The summed E-state index contributed by atoms with van der Waals surface area (Å²) in [7, 11) is 0. The maximum atomic E-state index is 14.4. The fraction of sp³-hybridized carbons (Fsp3) is 0.949. The molecular weight excluding hydrogens is 795 g/mol. The molecule has 1 aliphatic carbocycles. The quantitative estimate of drug-likeness (QED) is 0.0568. The van der Waals surface area contributed by atoms with Crippen LogP contribution in [0, 0.1) is 0 Å². The van der Waals surface area contributed by atoms with E-state index >= 15 is 0 Å². The van der Waals surface area contributed by atoms with E-state index in [9.17, 15) is 4.79 Å². The molecule has 0 aromatic heterocycles. The number of hydrogen-bond donors (Lipinski definition) is 0. The fourth-order valence-corrected chi connectivity index (χ4v) is 11.2. The van der Waals surface area contributed by atoms with Crippen LogP contribution in [0.25, 0.3) is 0 Å². The van der Waals surface area contributed by atoms with Crippen molar-refractivity contribution >= 4 is 5.91 Å². The molecule has 3 fully saturated rings. The minimum atomic E-state index is 0.396. The van der Waals surface area contributed by atoms with Crippen molar-refractivity contribution < 1.29 is 4.79 Å². The normalized spacial score (nSPS) is 17.0. The average molecular weight is 911 g/mol. The molecule has 1 amide bonds. The Morgan fingerprint density at radius 1 is 0.369 bits per heavy atom. The van der Waals surface area contributed by atoms with Gasteiger partial charge in [0.25, 0.3) is 0 Å². The lowest BCUT2D eigenvalue weighted by Gasteiger charge is -2.39. The van der Waals surface area contributed by atoms with Crippen LogP contribution in [0.3, 0.4) is 0 Å². The number of fused-ring (bicyclic) bond motifs is 2. The Hall–Kier alpha value is -1.11. The first-order valence-electron chi connectivity index (χ1n) is 30.0. The van der Waals surface area contributed by atoms with Crippen molar-refractivity contribution in [3.8, 4) is 0 Å². The number of carbonyl (C=O) groups excluding carboxylic acids is 1. The van der Waals surface area contributed by atoms with Crippen LogP contribution < -0.4 is 0 Å². The zero-order valence-electron chi connectivity index (χ0n) is 44.9. The molecule has 2 atom stereocenters. The van der Waals surface area contributed by atoms with E-state index in [0.717, 1.165) is 39.3 Å². The average Bonchev–Trinajstić information content (AvgIpc) is 3.95. The lowest BCUT2D eigenvalue weighted by Crippen LogP contribution is -2.52. The molecule has 382 valence electrons. The molecule has 0 aromatic carbocycles. The van der Waals surface area contributed by atoms with Gasteiger partial charge in [-0.15, -0.1) is 0 Å². The van der Waals surface area contributed by atoms with Crippen molar-refractivity contribution in [1.29, 1.82) is 0 Å². The van der Waals surface area contributed by atoms with Crippen LogP contribution in [0.4, 0.5) is 0 Å². The first kappa shape index (κ1) is 58.2. The SMILES string of the molecule is CCCCCCCCCN(CCCCCCCCC)CCN(CCCCCCCCC)CC(=O)N1CC2CC1CN2C(CN(CCCCCCCCC)CCCCCCCCC)=C1CC1. The van der Waals surface area contributed by atoms with Gasteiger partial charge in [0, 0.05) is 44.5 Å². The standard InChI is InChI=1S/C59H115N5O/c1-6-11-16-21-26-31-36-43-60(44-37-32-27-22-17-12-7-2)48-49-62(47-40-35-30-25-20-15-10-5)54-59(65)64-52-56-50-57(64)51-63(56)58(55-41-42-55)53-61(45-38-33-28-23-18-13-8-3)46-39-34-29-24-19-14-9-4/h56-57H,6-54H2,1-5H3. The monoisotopic (exact) mass is 910 g/mol. The molecule has 2 saturated heterocycles. The number of carbonyl (C=O) groups is 1. The number of unbranched alkanes of at least 4 members (excludes halogenated alkanes) is 30. The molecule has 0 aromatic rings. The van der Waals surface area contributed by atoms with Gasteiger partial charge in [-0.25, -0.2) is 0 Å². The van der Waals surface area contributed by atoms with Crippen molar-refractivity contribution in [3.05, 3.63) is 11.3 Å². The van der Waals surface area contributed by atoms with Gasteiger partial charge in [0.05, 0.1) is 12.6 Å².